The highest BCUT2D eigenvalue weighted by atomic mass is 19.1. The van der Waals surface area contributed by atoms with Crippen LogP contribution in [-0.2, 0) is 16.7 Å². The zero-order chi connectivity index (χ0) is 40.0. The Morgan fingerprint density at radius 2 is 1.66 bits per heavy atom. The number of aryl methyl sites for hydroxylation is 2. The summed E-state index contributed by atoms with van der Waals surface area (Å²) >= 11 is 0. The second-order valence-corrected chi connectivity index (χ2v) is 16.8. The molecular weight excluding hydrogens is 738 g/mol. The van der Waals surface area contributed by atoms with E-state index in [1.807, 2.05) is 36.1 Å². The summed E-state index contributed by atoms with van der Waals surface area (Å²) in [6.45, 7) is 10.5. The van der Waals surface area contributed by atoms with Gasteiger partial charge >= 0.3 is 5.76 Å². The van der Waals surface area contributed by atoms with Crippen LogP contribution in [-0.4, -0.2) is 67.9 Å². The van der Waals surface area contributed by atoms with E-state index < -0.39 is 17.3 Å². The van der Waals surface area contributed by atoms with E-state index in [0.29, 0.717) is 83.9 Å². The molecule has 3 fully saturated rings. The van der Waals surface area contributed by atoms with Crippen LogP contribution in [0.4, 0.5) is 10.3 Å². The van der Waals surface area contributed by atoms with Crippen LogP contribution in [0.2, 0.25) is 0 Å². The molecule has 3 atom stereocenters. The summed E-state index contributed by atoms with van der Waals surface area (Å²) in [6.07, 6.45) is 2.83. The van der Waals surface area contributed by atoms with Crippen molar-refractivity contribution < 1.29 is 18.4 Å². The van der Waals surface area contributed by atoms with Gasteiger partial charge in [0.2, 0.25) is 5.95 Å². The fraction of sp³-hybridized carbons (Fsp3) is 0.400. The Morgan fingerprint density at radius 3 is 2.33 bits per heavy atom. The number of ether oxygens (including phenoxy) is 1. The van der Waals surface area contributed by atoms with Gasteiger partial charge in [-0.25, -0.2) is 18.7 Å². The van der Waals surface area contributed by atoms with E-state index in [2.05, 4.69) is 56.9 Å². The lowest BCUT2D eigenvalue weighted by Gasteiger charge is -2.42. The van der Waals surface area contributed by atoms with E-state index in [4.69, 9.17) is 14.2 Å². The lowest BCUT2D eigenvalue weighted by molar-refractivity contribution is 0.0658. The molecule has 0 spiro atoms. The minimum Gasteiger partial charge on any atom is -0.381 e. The second-order valence-electron chi connectivity index (χ2n) is 16.8. The third-order valence-corrected chi connectivity index (χ3v) is 13.3. The number of fused-ring (bicyclic) bond motifs is 2. The van der Waals surface area contributed by atoms with E-state index in [0.717, 1.165) is 37.0 Å². The van der Waals surface area contributed by atoms with Crippen LogP contribution in [0.25, 0.3) is 16.6 Å². The number of carbonyl (C=O) groups excluding carboxylic acids is 1. The maximum Gasteiger partial charge on any atom is 0.438 e. The number of anilines is 1. The average molecular weight is 784 g/mol. The molecule has 3 aliphatic heterocycles. The summed E-state index contributed by atoms with van der Waals surface area (Å²) in [5.41, 5.74) is 5.37. The fourth-order valence-electron chi connectivity index (χ4n) is 9.89. The number of aromatic nitrogens is 5. The number of amides is 1. The normalized spacial score (nSPS) is 22.3. The van der Waals surface area contributed by atoms with Gasteiger partial charge in [0.15, 0.2) is 5.82 Å². The lowest BCUT2D eigenvalue weighted by atomic mass is 9.91. The van der Waals surface area contributed by atoms with Crippen molar-refractivity contribution in [2.24, 2.45) is 5.92 Å². The minimum atomic E-state index is -0.784. The Kier molecular flexibility index (Phi) is 8.59. The first kappa shape index (κ1) is 36.5. The van der Waals surface area contributed by atoms with Crippen molar-refractivity contribution in [3.8, 4) is 5.69 Å². The van der Waals surface area contributed by atoms with E-state index >= 15 is 4.79 Å². The Hall–Kier alpha value is -5.82. The van der Waals surface area contributed by atoms with Crippen LogP contribution >= 0.6 is 0 Å². The van der Waals surface area contributed by atoms with E-state index in [-0.39, 0.29) is 29.1 Å². The molecule has 0 unspecified atom stereocenters. The van der Waals surface area contributed by atoms with Crippen molar-refractivity contribution in [1.82, 2.24) is 29.2 Å². The van der Waals surface area contributed by atoms with Gasteiger partial charge in [0.05, 0.1) is 17.4 Å². The summed E-state index contributed by atoms with van der Waals surface area (Å²) in [6, 6.07) is 21.6. The van der Waals surface area contributed by atoms with Gasteiger partial charge in [-0.05, 0) is 111 Å². The molecule has 1 N–H and O–H groups in total. The third kappa shape index (κ3) is 5.68. The molecule has 3 aromatic carbocycles. The summed E-state index contributed by atoms with van der Waals surface area (Å²) < 4.78 is 29.3. The van der Waals surface area contributed by atoms with E-state index in [1.165, 1.54) is 11.1 Å². The standard InChI is InChI=1S/C45H46FN7O5/c1-25-18-34(19-26(2)38(25)46)52-40(54)35-12-15-51(28(4)39(35)47-43(52)50-23-33(24-50)29-8-6-5-7-9-29)41(55)37-21-32-20-31(30-13-16-57-17-14-30)10-11-36(32)53(37)45(22-27(45)3)42-48-44(56)58-49-42/h5-11,18-21,27-28,30,33H,12-17,22-24H2,1-4H3,(H,48,49,56)/t27-,28+,45+/m0/s1. The van der Waals surface area contributed by atoms with Gasteiger partial charge in [0.1, 0.15) is 17.1 Å². The first-order chi connectivity index (χ1) is 28.0. The number of halogens is 1. The molecule has 0 radical (unpaired) electrons. The van der Waals surface area contributed by atoms with Crippen molar-refractivity contribution >= 4 is 22.8 Å². The van der Waals surface area contributed by atoms with E-state index in [1.54, 1.807) is 30.5 Å². The van der Waals surface area contributed by atoms with Crippen molar-refractivity contribution in [3.05, 3.63) is 138 Å². The van der Waals surface area contributed by atoms with Gasteiger partial charge < -0.3 is 19.1 Å². The Bertz CT molecular complexity index is 2700. The molecule has 298 valence electrons. The van der Waals surface area contributed by atoms with Gasteiger partial charge in [0.25, 0.3) is 11.5 Å². The third-order valence-electron chi connectivity index (χ3n) is 13.3. The monoisotopic (exact) mass is 783 g/mol. The first-order valence-electron chi connectivity index (χ1n) is 20.4. The quantitative estimate of drug-likeness (QED) is 0.190. The van der Waals surface area contributed by atoms with Crippen LogP contribution < -0.4 is 16.2 Å². The predicted octanol–water partition coefficient (Wildman–Crippen LogP) is 6.66. The van der Waals surface area contributed by atoms with Crippen molar-refractivity contribution in [2.75, 3.05) is 37.7 Å². The number of hydrogen-bond acceptors (Lipinski definition) is 8. The lowest BCUT2D eigenvalue weighted by Crippen LogP contribution is -2.50. The van der Waals surface area contributed by atoms with Crippen molar-refractivity contribution in [2.45, 2.75) is 76.8 Å². The number of aromatic amines is 1. The molecule has 1 amide bonds. The number of nitrogens with zero attached hydrogens (tertiary/aromatic N) is 6. The Labute approximate surface area is 334 Å². The topological polar surface area (TPSA) is 131 Å². The highest BCUT2D eigenvalue weighted by molar-refractivity contribution is 6.00. The van der Waals surface area contributed by atoms with Crippen LogP contribution in [0, 0.1) is 25.6 Å². The summed E-state index contributed by atoms with van der Waals surface area (Å²) in [7, 11) is 0. The minimum absolute atomic E-state index is 0.0581. The molecule has 4 aliphatic rings. The van der Waals surface area contributed by atoms with Gasteiger partial charge in [-0.2, -0.15) is 0 Å². The first-order valence-corrected chi connectivity index (χ1v) is 20.4. The molecule has 0 bridgehead atoms. The van der Waals surface area contributed by atoms with Crippen molar-refractivity contribution in [3.63, 3.8) is 0 Å². The molecule has 13 heteroatoms. The van der Waals surface area contributed by atoms with Gasteiger partial charge in [-0.3, -0.25) is 19.1 Å². The molecule has 6 aromatic rings. The summed E-state index contributed by atoms with van der Waals surface area (Å²) in [4.78, 5) is 54.2. The second kappa shape index (κ2) is 13.6. The Morgan fingerprint density at radius 1 is 0.931 bits per heavy atom. The van der Waals surface area contributed by atoms with Gasteiger partial charge in [-0.15, -0.1) is 0 Å². The number of H-pyrrole nitrogens is 1. The number of benzene rings is 3. The van der Waals surface area contributed by atoms with E-state index in [9.17, 15) is 14.0 Å². The summed E-state index contributed by atoms with van der Waals surface area (Å²) in [5, 5.41) is 5.09. The maximum atomic E-state index is 15.2. The molecule has 2 saturated heterocycles. The molecule has 6 heterocycles. The highest BCUT2D eigenvalue weighted by Crippen LogP contribution is 2.56. The zero-order valence-corrected chi connectivity index (χ0v) is 33.1. The van der Waals surface area contributed by atoms with Gasteiger partial charge in [0, 0.05) is 55.2 Å². The molecule has 3 aromatic heterocycles. The molecule has 1 aliphatic carbocycles. The van der Waals surface area contributed by atoms with Gasteiger partial charge in [-0.1, -0.05) is 48.5 Å². The number of carbonyl (C=O) groups is 1. The van der Waals surface area contributed by atoms with Crippen LogP contribution in [0.5, 0.6) is 0 Å². The predicted molar refractivity (Wildman–Crippen MR) is 217 cm³/mol. The van der Waals surface area contributed by atoms with Crippen molar-refractivity contribution in [1.29, 1.82) is 0 Å². The maximum absolute atomic E-state index is 15.2. The number of rotatable bonds is 7. The fourth-order valence-corrected chi connectivity index (χ4v) is 9.89. The zero-order valence-electron chi connectivity index (χ0n) is 33.1. The number of hydrogen-bond donors (Lipinski definition) is 1. The molecule has 1 saturated carbocycles. The Balaban J connectivity index is 1.07. The van der Waals surface area contributed by atoms with Crippen LogP contribution in [0.15, 0.2) is 80.8 Å². The van der Waals surface area contributed by atoms with Crippen LogP contribution in [0.1, 0.15) is 101 Å². The largest absolute Gasteiger partial charge is 0.438 e. The summed E-state index contributed by atoms with van der Waals surface area (Å²) in [5.74, 6) is 0.425. The smallest absolute Gasteiger partial charge is 0.381 e. The molecule has 58 heavy (non-hydrogen) atoms. The molecular formula is C45H46FN7O5. The molecule has 10 rings (SSSR count). The average Bonchev–Trinajstić information content (AvgIpc) is 3.48. The molecule has 12 nitrogen and oxygen atoms in total. The van der Waals surface area contributed by atoms with Crippen LogP contribution in [0.3, 0.4) is 0 Å². The highest BCUT2D eigenvalue weighted by Gasteiger charge is 2.59. The number of nitrogens with one attached hydrogen (secondary N) is 1. The SMILES string of the molecule is Cc1cc(-n2c(N3CC(c4ccccc4)C3)nc3c(c2=O)CCN(C(=O)c2cc4cc(C5CCOCC5)ccc4n2[C@]2(c4noc(=O)[nH]4)C[C@@H]2C)[C@@H]3C)cc(C)c1F.